The van der Waals surface area contributed by atoms with Gasteiger partial charge in [0.15, 0.2) is 5.78 Å². The molecule has 2 aromatic rings. The SMILES string of the molecule is CC(=O)c1ccc(Nc2nc(N3CCCCC3)nc(N3CCCC3)n2)cc1.CN.Cl.N.N.N.[HH].[HH].[HH].[HH]. The molecule has 0 amide bonds. The lowest BCUT2D eigenvalue weighted by molar-refractivity contribution is 0.101. The van der Waals surface area contributed by atoms with Gasteiger partial charge in [-0.3, -0.25) is 4.79 Å². The van der Waals surface area contributed by atoms with Crippen LogP contribution in [-0.2, 0) is 0 Å². The van der Waals surface area contributed by atoms with Gasteiger partial charge in [-0.15, -0.1) is 12.4 Å². The first-order chi connectivity index (χ1) is 14.2. The van der Waals surface area contributed by atoms with Crippen LogP contribution >= 0.6 is 12.4 Å². The molecule has 11 nitrogen and oxygen atoms in total. The quantitative estimate of drug-likeness (QED) is 0.355. The van der Waals surface area contributed by atoms with E-state index in [0.717, 1.165) is 43.8 Å². The predicted molar refractivity (Wildman–Crippen MR) is 148 cm³/mol. The largest absolute Gasteiger partial charge is 0.344 e. The maximum Gasteiger partial charge on any atom is 0.233 e. The van der Waals surface area contributed by atoms with Crippen molar-refractivity contribution in [3.63, 3.8) is 0 Å². The summed E-state index contributed by atoms with van der Waals surface area (Å²) in [5.41, 5.74) is 6.06. The number of carbonyl (C=O) groups excluding carboxylic acids is 1. The van der Waals surface area contributed by atoms with E-state index in [0.29, 0.717) is 11.5 Å². The van der Waals surface area contributed by atoms with Gasteiger partial charge in [-0.25, -0.2) is 0 Å². The second-order valence-corrected chi connectivity index (χ2v) is 7.26. The Labute approximate surface area is 209 Å². The number of nitrogens with two attached hydrogens (primary N) is 1. The summed E-state index contributed by atoms with van der Waals surface area (Å²) in [6.07, 6.45) is 5.99. The van der Waals surface area contributed by atoms with Crippen LogP contribution in [0.25, 0.3) is 0 Å². The van der Waals surface area contributed by atoms with E-state index >= 15 is 0 Å². The van der Waals surface area contributed by atoms with Gasteiger partial charge in [0, 0.05) is 43.1 Å². The van der Waals surface area contributed by atoms with Gasteiger partial charge in [0.2, 0.25) is 17.8 Å². The summed E-state index contributed by atoms with van der Waals surface area (Å²) in [5, 5.41) is 3.29. The van der Waals surface area contributed by atoms with E-state index in [1.54, 1.807) is 6.92 Å². The third-order valence-corrected chi connectivity index (χ3v) is 5.19. The number of rotatable bonds is 5. The van der Waals surface area contributed by atoms with Crippen LogP contribution in [0.5, 0.6) is 0 Å². The normalized spacial score (nSPS) is 14.3. The maximum absolute atomic E-state index is 11.5. The number of piperidine rings is 1. The standard InChI is InChI=1S/C20H26N6O.CH5N.ClH.3H3N.4H2/c1-15(27)16-7-9-17(10-8-16)21-18-22-19(25-11-3-2-4-12-25)24-20(23-18)26-13-5-6-14-26;1-2;;;;;;;;/h7-10H,2-6,11-14H2,1H3,(H,21,22,23,24);2H2,1H3;1H;3*1H3;4*1H. The number of Topliss-reactive ketones (excluding diaryl/α,β-unsaturated/α-hetero) is 1. The van der Waals surface area contributed by atoms with Crippen molar-refractivity contribution < 1.29 is 10.5 Å². The third-order valence-electron chi connectivity index (χ3n) is 5.19. The van der Waals surface area contributed by atoms with Crippen molar-refractivity contribution in [2.45, 2.75) is 39.0 Å². The van der Waals surface area contributed by atoms with Crippen molar-refractivity contribution in [1.29, 1.82) is 0 Å². The Bertz CT molecular complexity index is 827. The van der Waals surface area contributed by atoms with Crippen molar-refractivity contribution >= 4 is 41.7 Å². The van der Waals surface area contributed by atoms with Crippen LogP contribution in [0.15, 0.2) is 24.3 Å². The zero-order valence-electron chi connectivity index (χ0n) is 19.9. The molecule has 3 heterocycles. The van der Waals surface area contributed by atoms with Gasteiger partial charge < -0.3 is 39.3 Å². The molecule has 0 atom stereocenters. The summed E-state index contributed by atoms with van der Waals surface area (Å²) in [7, 11) is 1.50. The molecule has 2 aliphatic heterocycles. The fourth-order valence-corrected chi connectivity index (χ4v) is 3.62. The summed E-state index contributed by atoms with van der Waals surface area (Å²) in [4.78, 5) is 30.1. The number of aromatic nitrogens is 3. The highest BCUT2D eigenvalue weighted by Crippen LogP contribution is 2.24. The monoisotopic (exact) mass is 492 g/mol. The lowest BCUT2D eigenvalue weighted by Crippen LogP contribution is -2.32. The molecule has 2 saturated heterocycles. The van der Waals surface area contributed by atoms with Crippen LogP contribution in [0.3, 0.4) is 0 Å². The fourth-order valence-electron chi connectivity index (χ4n) is 3.62. The van der Waals surface area contributed by atoms with E-state index in [2.05, 4.69) is 30.8 Å². The first-order valence-corrected chi connectivity index (χ1v) is 10.4. The van der Waals surface area contributed by atoms with Crippen LogP contribution < -0.4 is 39.3 Å². The molecule has 1 aromatic heterocycles. The van der Waals surface area contributed by atoms with Gasteiger partial charge in [-0.2, -0.15) is 15.0 Å². The molecule has 4 rings (SSSR count). The Kier molecular flexibility index (Phi) is 15.9. The number of nitrogens with one attached hydrogen (secondary N) is 1. The highest BCUT2D eigenvalue weighted by molar-refractivity contribution is 5.94. The number of halogens is 1. The third kappa shape index (κ3) is 8.71. The maximum atomic E-state index is 11.5. The highest BCUT2D eigenvalue weighted by Gasteiger charge is 2.21. The van der Waals surface area contributed by atoms with Crippen molar-refractivity contribution in [3.8, 4) is 0 Å². The number of hydrogen-bond donors (Lipinski definition) is 5. The summed E-state index contributed by atoms with van der Waals surface area (Å²) in [6.45, 7) is 5.56. The second kappa shape index (κ2) is 16.1. The molecule has 0 radical (unpaired) electrons. The van der Waals surface area contributed by atoms with Gasteiger partial charge in [0.05, 0.1) is 0 Å². The second-order valence-electron chi connectivity index (χ2n) is 7.26. The van der Waals surface area contributed by atoms with Crippen LogP contribution in [0.2, 0.25) is 0 Å². The molecule has 12 N–H and O–H groups in total. The van der Waals surface area contributed by atoms with Crippen molar-refractivity contribution in [2.75, 3.05) is 48.3 Å². The molecule has 0 unspecified atom stereocenters. The lowest BCUT2D eigenvalue weighted by atomic mass is 10.1. The van der Waals surface area contributed by atoms with Crippen LogP contribution in [0.1, 0.15) is 55.1 Å². The Balaban J connectivity index is -0.000000235. The Hall–Kier alpha value is -2.57. The Morgan fingerprint density at radius 2 is 1.24 bits per heavy atom. The molecule has 12 heteroatoms. The number of benzene rings is 1. The van der Waals surface area contributed by atoms with E-state index in [4.69, 9.17) is 4.98 Å². The molecule has 0 spiro atoms. The summed E-state index contributed by atoms with van der Waals surface area (Å²) in [6, 6.07) is 7.41. The number of hydrogen-bond acceptors (Lipinski definition) is 11. The minimum absolute atomic E-state index is 0. The fraction of sp³-hybridized carbons (Fsp3) is 0.524. The van der Waals surface area contributed by atoms with Crippen LogP contribution in [-0.4, -0.2) is 54.0 Å². The summed E-state index contributed by atoms with van der Waals surface area (Å²) >= 11 is 0. The number of anilines is 4. The van der Waals surface area contributed by atoms with Gasteiger partial charge in [-0.05, 0) is 70.3 Å². The average molecular weight is 493 g/mol. The molecule has 33 heavy (non-hydrogen) atoms. The minimum Gasteiger partial charge on any atom is -0.344 e. The molecule has 2 fully saturated rings. The summed E-state index contributed by atoms with van der Waals surface area (Å²) in [5.74, 6) is 2.13. The predicted octanol–water partition coefficient (Wildman–Crippen LogP) is 4.88. The minimum atomic E-state index is 0. The molecule has 0 bridgehead atoms. The van der Waals surface area contributed by atoms with Gasteiger partial charge in [0.25, 0.3) is 0 Å². The van der Waals surface area contributed by atoms with Crippen LogP contribution in [0, 0.1) is 0 Å². The topological polar surface area (TPSA) is 205 Å². The molecular weight excluding hydrogens is 444 g/mol. The Morgan fingerprint density at radius 1 is 0.818 bits per heavy atom. The number of nitrogens with zero attached hydrogens (tertiary/aromatic N) is 5. The average Bonchev–Trinajstić information content (AvgIpc) is 3.31. The van der Waals surface area contributed by atoms with Crippen molar-refractivity contribution in [2.24, 2.45) is 5.73 Å². The van der Waals surface area contributed by atoms with E-state index in [1.807, 2.05) is 24.3 Å². The molecule has 0 aliphatic carbocycles. The zero-order valence-corrected chi connectivity index (χ0v) is 20.7. The van der Waals surface area contributed by atoms with Crippen LogP contribution in [0.4, 0.5) is 23.5 Å². The highest BCUT2D eigenvalue weighted by atomic mass is 35.5. The van der Waals surface area contributed by atoms with E-state index in [-0.39, 0.29) is 42.3 Å². The first kappa shape index (κ1) is 32.6. The van der Waals surface area contributed by atoms with Crippen molar-refractivity contribution in [1.82, 2.24) is 33.4 Å². The molecule has 1 aromatic carbocycles. The molecule has 196 valence electrons. The van der Waals surface area contributed by atoms with E-state index in [1.165, 1.54) is 39.2 Å². The van der Waals surface area contributed by atoms with Gasteiger partial charge in [-0.1, -0.05) is 0 Å². The molecule has 0 saturated carbocycles. The number of carbonyl (C=O) groups is 1. The van der Waals surface area contributed by atoms with Crippen molar-refractivity contribution in [3.05, 3.63) is 29.8 Å². The summed E-state index contributed by atoms with van der Waals surface area (Å²) < 4.78 is 0. The van der Waals surface area contributed by atoms with Gasteiger partial charge >= 0.3 is 0 Å². The first-order valence-electron chi connectivity index (χ1n) is 10.4. The zero-order chi connectivity index (χ0) is 20.6. The molecular formula is C21H49ClN10O. The van der Waals surface area contributed by atoms with E-state index in [9.17, 15) is 4.79 Å². The number of ketones is 1. The Morgan fingerprint density at radius 3 is 1.67 bits per heavy atom. The molecule has 2 aliphatic rings. The lowest BCUT2D eigenvalue weighted by Gasteiger charge is -2.27. The smallest absolute Gasteiger partial charge is 0.233 e. The van der Waals surface area contributed by atoms with Gasteiger partial charge in [0.1, 0.15) is 0 Å². The van der Waals surface area contributed by atoms with E-state index < -0.39 is 0 Å².